The Morgan fingerprint density at radius 1 is 1.29 bits per heavy atom. The maximum Gasteiger partial charge on any atom is 0.330 e. The van der Waals surface area contributed by atoms with E-state index in [0.717, 1.165) is 39.1 Å². The van der Waals surface area contributed by atoms with E-state index < -0.39 is 5.41 Å². The maximum atomic E-state index is 11.7. The van der Waals surface area contributed by atoms with E-state index >= 15 is 0 Å². The normalized spacial score (nSPS) is 19.0. The van der Waals surface area contributed by atoms with E-state index in [-0.39, 0.29) is 5.97 Å². The first-order valence-corrected chi connectivity index (χ1v) is 6.24. The molecular formula is C13H24N2O2. The van der Waals surface area contributed by atoms with Crippen LogP contribution in [0, 0.1) is 5.41 Å². The zero-order chi connectivity index (χ0) is 12.9. The van der Waals surface area contributed by atoms with Crippen molar-refractivity contribution in [2.24, 2.45) is 5.41 Å². The smallest absolute Gasteiger partial charge is 0.330 e. The summed E-state index contributed by atoms with van der Waals surface area (Å²) in [7, 11) is 0. The molecule has 0 amide bonds. The van der Waals surface area contributed by atoms with Gasteiger partial charge in [0.25, 0.3) is 0 Å². The summed E-state index contributed by atoms with van der Waals surface area (Å²) >= 11 is 0. The van der Waals surface area contributed by atoms with Gasteiger partial charge in [-0.2, -0.15) is 0 Å². The number of carbonyl (C=O) groups excluding carboxylic acids is 1. The Morgan fingerprint density at radius 3 is 2.35 bits per heavy atom. The van der Waals surface area contributed by atoms with Crippen molar-refractivity contribution in [3.8, 4) is 0 Å². The van der Waals surface area contributed by atoms with Crippen molar-refractivity contribution < 1.29 is 9.63 Å². The van der Waals surface area contributed by atoms with Gasteiger partial charge in [0, 0.05) is 32.7 Å². The standard InChI is InChI=1S/C13H24N2O2/c1-5-6-7-14-8-10-15(11-9-14)17-12(16)13(2,3)4/h5H,1,6-11H2,2-4H3. The summed E-state index contributed by atoms with van der Waals surface area (Å²) in [6, 6.07) is 0. The molecule has 4 nitrogen and oxygen atoms in total. The van der Waals surface area contributed by atoms with Crippen LogP contribution in [0.25, 0.3) is 0 Å². The van der Waals surface area contributed by atoms with Gasteiger partial charge in [-0.1, -0.05) is 6.08 Å². The van der Waals surface area contributed by atoms with Crippen LogP contribution >= 0.6 is 0 Å². The fourth-order valence-electron chi connectivity index (χ4n) is 1.57. The minimum absolute atomic E-state index is 0.156. The van der Waals surface area contributed by atoms with Gasteiger partial charge >= 0.3 is 5.97 Å². The third kappa shape index (κ3) is 4.88. The van der Waals surface area contributed by atoms with Gasteiger partial charge in [0.05, 0.1) is 5.41 Å². The largest absolute Gasteiger partial charge is 0.367 e. The van der Waals surface area contributed by atoms with Crippen molar-refractivity contribution >= 4 is 5.97 Å². The molecule has 1 heterocycles. The highest BCUT2D eigenvalue weighted by Gasteiger charge is 2.27. The third-order valence-corrected chi connectivity index (χ3v) is 2.81. The first kappa shape index (κ1) is 14.2. The predicted octanol–water partition coefficient (Wildman–Crippen LogP) is 1.68. The number of piperazine rings is 1. The van der Waals surface area contributed by atoms with E-state index in [1.165, 1.54) is 0 Å². The maximum absolute atomic E-state index is 11.7. The Kier molecular flexibility index (Phi) is 5.15. The molecule has 0 aliphatic carbocycles. The lowest BCUT2D eigenvalue weighted by molar-refractivity contribution is -0.206. The molecular weight excluding hydrogens is 216 g/mol. The fourth-order valence-corrected chi connectivity index (χ4v) is 1.57. The molecule has 1 aliphatic heterocycles. The Bertz CT molecular complexity index is 263. The summed E-state index contributed by atoms with van der Waals surface area (Å²) in [5.74, 6) is -0.156. The zero-order valence-electron chi connectivity index (χ0n) is 11.2. The number of hydrogen-bond acceptors (Lipinski definition) is 4. The third-order valence-electron chi connectivity index (χ3n) is 2.81. The molecule has 0 unspecified atom stereocenters. The van der Waals surface area contributed by atoms with Crippen molar-refractivity contribution in [3.05, 3.63) is 12.7 Å². The van der Waals surface area contributed by atoms with Gasteiger partial charge in [0.2, 0.25) is 0 Å². The number of hydrogen-bond donors (Lipinski definition) is 0. The monoisotopic (exact) mass is 240 g/mol. The molecule has 0 radical (unpaired) electrons. The quantitative estimate of drug-likeness (QED) is 0.700. The average Bonchev–Trinajstić information content (AvgIpc) is 2.27. The molecule has 0 saturated carbocycles. The van der Waals surface area contributed by atoms with Crippen LogP contribution < -0.4 is 0 Å². The molecule has 0 atom stereocenters. The van der Waals surface area contributed by atoms with Crippen LogP contribution in [0.4, 0.5) is 0 Å². The topological polar surface area (TPSA) is 32.8 Å². The van der Waals surface area contributed by atoms with E-state index in [2.05, 4.69) is 11.5 Å². The minimum Gasteiger partial charge on any atom is -0.367 e. The lowest BCUT2D eigenvalue weighted by Gasteiger charge is -2.34. The van der Waals surface area contributed by atoms with Crippen molar-refractivity contribution in [3.63, 3.8) is 0 Å². The molecule has 98 valence electrons. The first-order chi connectivity index (χ1) is 7.93. The minimum atomic E-state index is -0.431. The Balaban J connectivity index is 2.28. The van der Waals surface area contributed by atoms with Crippen LogP contribution in [0.1, 0.15) is 27.2 Å². The summed E-state index contributed by atoms with van der Waals surface area (Å²) in [5.41, 5.74) is -0.431. The highest BCUT2D eigenvalue weighted by Crippen LogP contribution is 2.16. The first-order valence-electron chi connectivity index (χ1n) is 6.24. The van der Waals surface area contributed by atoms with Crippen molar-refractivity contribution in [1.82, 2.24) is 9.96 Å². The van der Waals surface area contributed by atoms with Crippen LogP contribution in [-0.4, -0.2) is 48.7 Å². The number of carbonyl (C=O) groups is 1. The second kappa shape index (κ2) is 6.17. The van der Waals surface area contributed by atoms with E-state index in [1.54, 1.807) is 5.06 Å². The van der Waals surface area contributed by atoms with Gasteiger partial charge in [-0.05, 0) is 27.2 Å². The summed E-state index contributed by atoms with van der Waals surface area (Å²) in [6.07, 6.45) is 2.95. The summed E-state index contributed by atoms with van der Waals surface area (Å²) < 4.78 is 0. The summed E-state index contributed by atoms with van der Waals surface area (Å²) in [6.45, 7) is 13.9. The molecule has 1 saturated heterocycles. The Morgan fingerprint density at radius 2 is 1.88 bits per heavy atom. The SMILES string of the molecule is C=CCCN1CCN(OC(=O)C(C)(C)C)CC1. The van der Waals surface area contributed by atoms with Gasteiger partial charge in [-0.15, -0.1) is 11.6 Å². The highest BCUT2D eigenvalue weighted by molar-refractivity contribution is 5.75. The molecule has 1 fully saturated rings. The van der Waals surface area contributed by atoms with Crippen LogP contribution in [-0.2, 0) is 9.63 Å². The van der Waals surface area contributed by atoms with Crippen LogP contribution in [0.5, 0.6) is 0 Å². The van der Waals surface area contributed by atoms with Crippen molar-refractivity contribution in [2.45, 2.75) is 27.2 Å². The number of nitrogens with zero attached hydrogens (tertiary/aromatic N) is 2. The van der Waals surface area contributed by atoms with Crippen molar-refractivity contribution in [2.75, 3.05) is 32.7 Å². The molecule has 17 heavy (non-hydrogen) atoms. The summed E-state index contributed by atoms with van der Waals surface area (Å²) in [5, 5.41) is 1.78. The second-order valence-corrected chi connectivity index (χ2v) is 5.48. The fraction of sp³-hybridized carbons (Fsp3) is 0.769. The molecule has 4 heteroatoms. The molecule has 0 aromatic heterocycles. The molecule has 0 aromatic rings. The van der Waals surface area contributed by atoms with Crippen LogP contribution in [0.2, 0.25) is 0 Å². The molecule has 0 N–H and O–H groups in total. The van der Waals surface area contributed by atoms with Crippen LogP contribution in [0.3, 0.4) is 0 Å². The van der Waals surface area contributed by atoms with Crippen LogP contribution in [0.15, 0.2) is 12.7 Å². The zero-order valence-corrected chi connectivity index (χ0v) is 11.2. The lowest BCUT2D eigenvalue weighted by Crippen LogP contribution is -2.48. The van der Waals surface area contributed by atoms with E-state index in [1.807, 2.05) is 26.8 Å². The number of rotatable bonds is 4. The molecule has 1 aliphatic rings. The highest BCUT2D eigenvalue weighted by atomic mass is 16.7. The van der Waals surface area contributed by atoms with E-state index in [9.17, 15) is 4.79 Å². The Hall–Kier alpha value is -0.870. The summed E-state index contributed by atoms with van der Waals surface area (Å²) in [4.78, 5) is 19.4. The Labute approximate surface area is 104 Å². The van der Waals surface area contributed by atoms with Crippen molar-refractivity contribution in [1.29, 1.82) is 0 Å². The molecule has 0 bridgehead atoms. The van der Waals surface area contributed by atoms with Gasteiger partial charge in [0.1, 0.15) is 0 Å². The molecule has 0 spiro atoms. The lowest BCUT2D eigenvalue weighted by atomic mass is 9.98. The van der Waals surface area contributed by atoms with Gasteiger partial charge < -0.3 is 9.74 Å². The predicted molar refractivity (Wildman–Crippen MR) is 68.4 cm³/mol. The second-order valence-electron chi connectivity index (χ2n) is 5.48. The van der Waals surface area contributed by atoms with E-state index in [0.29, 0.717) is 0 Å². The van der Waals surface area contributed by atoms with E-state index in [4.69, 9.17) is 4.84 Å². The van der Waals surface area contributed by atoms with Gasteiger partial charge in [-0.25, -0.2) is 4.79 Å². The molecule has 1 rings (SSSR count). The average molecular weight is 240 g/mol. The van der Waals surface area contributed by atoms with Gasteiger partial charge in [0.15, 0.2) is 0 Å². The molecule has 0 aromatic carbocycles. The number of hydroxylamine groups is 2. The van der Waals surface area contributed by atoms with Gasteiger partial charge in [-0.3, -0.25) is 0 Å².